The SMILES string of the molecule is C/C=C\C(C=C/C=C/N(C1=CC=CCC=C1)c1ccccc1)N(c1ccccc1)c1ccccc1. The molecule has 0 aromatic heterocycles. The van der Waals surface area contributed by atoms with E-state index in [2.05, 4.69) is 169 Å². The van der Waals surface area contributed by atoms with Gasteiger partial charge in [-0.15, -0.1) is 0 Å². The van der Waals surface area contributed by atoms with E-state index in [1.165, 1.54) is 0 Å². The molecule has 35 heavy (non-hydrogen) atoms. The highest BCUT2D eigenvalue weighted by atomic mass is 15.2. The normalized spacial score (nSPS) is 14.4. The monoisotopic (exact) mass is 456 g/mol. The molecule has 0 fully saturated rings. The lowest BCUT2D eigenvalue weighted by Crippen LogP contribution is -2.27. The molecule has 1 aliphatic rings. The largest absolute Gasteiger partial charge is 0.331 e. The van der Waals surface area contributed by atoms with Gasteiger partial charge in [-0.2, -0.15) is 0 Å². The molecule has 2 nitrogen and oxygen atoms in total. The Morgan fingerprint density at radius 2 is 1.29 bits per heavy atom. The predicted molar refractivity (Wildman–Crippen MR) is 152 cm³/mol. The molecule has 0 spiro atoms. The molecule has 0 N–H and O–H groups in total. The van der Waals surface area contributed by atoms with Crippen molar-refractivity contribution in [2.75, 3.05) is 9.80 Å². The molecule has 0 saturated heterocycles. The summed E-state index contributed by atoms with van der Waals surface area (Å²) in [6.07, 6.45) is 24.7. The molecule has 0 heterocycles. The summed E-state index contributed by atoms with van der Waals surface area (Å²) >= 11 is 0. The minimum absolute atomic E-state index is 0.0690. The molecule has 4 rings (SSSR count). The van der Waals surface area contributed by atoms with E-state index >= 15 is 0 Å². The second-order valence-electron chi connectivity index (χ2n) is 8.15. The van der Waals surface area contributed by atoms with Gasteiger partial charge in [0, 0.05) is 29.0 Å². The van der Waals surface area contributed by atoms with Crippen LogP contribution in [0.4, 0.5) is 17.1 Å². The van der Waals surface area contributed by atoms with Crippen molar-refractivity contribution >= 4 is 17.1 Å². The van der Waals surface area contributed by atoms with Crippen LogP contribution in [0.25, 0.3) is 0 Å². The van der Waals surface area contributed by atoms with Gasteiger partial charge in [0.05, 0.1) is 6.04 Å². The van der Waals surface area contributed by atoms with E-state index in [4.69, 9.17) is 0 Å². The summed E-state index contributed by atoms with van der Waals surface area (Å²) in [5.74, 6) is 0. The Balaban J connectivity index is 1.63. The Labute approximate surface area is 209 Å². The Hall–Kier alpha value is -4.30. The molecule has 0 saturated carbocycles. The van der Waals surface area contributed by atoms with E-state index in [-0.39, 0.29) is 6.04 Å². The number of benzene rings is 3. The van der Waals surface area contributed by atoms with Crippen molar-refractivity contribution in [1.82, 2.24) is 0 Å². The second kappa shape index (κ2) is 12.8. The first-order valence-electron chi connectivity index (χ1n) is 12.1. The summed E-state index contributed by atoms with van der Waals surface area (Å²) in [4.78, 5) is 4.56. The van der Waals surface area contributed by atoms with Gasteiger partial charge in [-0.3, -0.25) is 0 Å². The lowest BCUT2D eigenvalue weighted by molar-refractivity contribution is 0.940. The Morgan fingerprint density at radius 3 is 1.89 bits per heavy atom. The van der Waals surface area contributed by atoms with Gasteiger partial charge in [0.15, 0.2) is 0 Å². The zero-order chi connectivity index (χ0) is 24.1. The van der Waals surface area contributed by atoms with Gasteiger partial charge in [0.25, 0.3) is 0 Å². The number of hydrogen-bond donors (Lipinski definition) is 0. The molecule has 0 aliphatic heterocycles. The van der Waals surface area contributed by atoms with Crippen molar-refractivity contribution in [3.63, 3.8) is 0 Å². The van der Waals surface area contributed by atoms with Crippen LogP contribution in [0.5, 0.6) is 0 Å². The highest BCUT2D eigenvalue weighted by Gasteiger charge is 2.15. The van der Waals surface area contributed by atoms with Crippen LogP contribution in [-0.2, 0) is 0 Å². The van der Waals surface area contributed by atoms with Crippen molar-refractivity contribution in [2.24, 2.45) is 0 Å². The third kappa shape index (κ3) is 6.61. The maximum atomic E-state index is 2.35. The van der Waals surface area contributed by atoms with Gasteiger partial charge in [-0.25, -0.2) is 0 Å². The number of nitrogens with zero attached hydrogens (tertiary/aromatic N) is 2. The molecule has 2 heteroatoms. The minimum atomic E-state index is 0.0690. The first-order chi connectivity index (χ1) is 17.4. The van der Waals surface area contributed by atoms with Crippen molar-refractivity contribution in [2.45, 2.75) is 19.4 Å². The van der Waals surface area contributed by atoms with E-state index < -0.39 is 0 Å². The standard InChI is InChI=1S/C33H32N2/c1-2-18-31(35(32-23-12-6-13-24-32)33-25-14-7-15-26-33)27-16-17-28-34(30-21-10-5-11-22-30)29-19-8-3-4-9-20-29/h2-3,5-28,31H,4H2,1H3/b18-2-,27-16?,28-17+. The van der Waals surface area contributed by atoms with Crippen LogP contribution in [-0.4, -0.2) is 6.04 Å². The molecule has 0 bridgehead atoms. The van der Waals surface area contributed by atoms with Crippen LogP contribution in [0.15, 0.2) is 164 Å². The Bertz CT molecular complexity index is 1180. The molecule has 0 radical (unpaired) electrons. The lowest BCUT2D eigenvalue weighted by atomic mass is 10.1. The molecule has 3 aromatic rings. The number of rotatable bonds is 9. The Kier molecular flexibility index (Phi) is 8.73. The van der Waals surface area contributed by atoms with E-state index in [1.54, 1.807) is 0 Å². The van der Waals surface area contributed by atoms with E-state index in [9.17, 15) is 0 Å². The van der Waals surface area contributed by atoms with Crippen LogP contribution in [0.2, 0.25) is 0 Å². The van der Waals surface area contributed by atoms with Gasteiger partial charge in [0.1, 0.15) is 0 Å². The van der Waals surface area contributed by atoms with Crippen LogP contribution in [0.1, 0.15) is 13.3 Å². The second-order valence-corrected chi connectivity index (χ2v) is 8.15. The van der Waals surface area contributed by atoms with Crippen LogP contribution in [0, 0.1) is 0 Å². The molecule has 0 amide bonds. The van der Waals surface area contributed by atoms with Gasteiger partial charge >= 0.3 is 0 Å². The fourth-order valence-electron chi connectivity index (χ4n) is 4.06. The summed E-state index contributed by atoms with van der Waals surface area (Å²) in [6, 6.07) is 31.6. The molecule has 1 aliphatic carbocycles. The summed E-state index contributed by atoms with van der Waals surface area (Å²) in [5.41, 5.74) is 4.57. The lowest BCUT2D eigenvalue weighted by Gasteiger charge is -2.30. The smallest absolute Gasteiger partial charge is 0.0709 e. The third-order valence-corrected chi connectivity index (χ3v) is 5.69. The van der Waals surface area contributed by atoms with E-state index in [0.717, 1.165) is 29.2 Å². The highest BCUT2D eigenvalue weighted by molar-refractivity contribution is 5.66. The van der Waals surface area contributed by atoms with Crippen molar-refractivity contribution < 1.29 is 0 Å². The van der Waals surface area contributed by atoms with Gasteiger partial charge < -0.3 is 9.80 Å². The molecular weight excluding hydrogens is 424 g/mol. The fraction of sp³-hybridized carbons (Fsp3) is 0.0909. The van der Waals surface area contributed by atoms with Crippen molar-refractivity contribution in [3.05, 3.63) is 164 Å². The molecule has 174 valence electrons. The third-order valence-electron chi connectivity index (χ3n) is 5.69. The first kappa shape index (κ1) is 23.8. The van der Waals surface area contributed by atoms with E-state index in [1.807, 2.05) is 6.07 Å². The number of anilines is 3. The average Bonchev–Trinajstić information content (AvgIpc) is 3.20. The number of hydrogen-bond acceptors (Lipinski definition) is 2. The summed E-state index contributed by atoms with van der Waals surface area (Å²) < 4.78 is 0. The van der Waals surface area contributed by atoms with Crippen LogP contribution >= 0.6 is 0 Å². The molecule has 1 unspecified atom stereocenters. The fourth-order valence-corrected chi connectivity index (χ4v) is 4.06. The first-order valence-corrected chi connectivity index (χ1v) is 12.1. The quantitative estimate of drug-likeness (QED) is 0.234. The maximum absolute atomic E-state index is 2.35. The van der Waals surface area contributed by atoms with Crippen LogP contribution < -0.4 is 9.80 Å². The summed E-state index contributed by atoms with van der Waals surface area (Å²) in [5, 5.41) is 0. The minimum Gasteiger partial charge on any atom is -0.331 e. The molecular formula is C33H32N2. The zero-order valence-electron chi connectivity index (χ0n) is 20.2. The molecule has 3 aromatic carbocycles. The topological polar surface area (TPSA) is 6.48 Å². The summed E-state index contributed by atoms with van der Waals surface area (Å²) in [7, 11) is 0. The summed E-state index contributed by atoms with van der Waals surface area (Å²) in [6.45, 7) is 2.07. The van der Waals surface area contributed by atoms with Gasteiger partial charge in [-0.05, 0) is 68.0 Å². The highest BCUT2D eigenvalue weighted by Crippen LogP contribution is 2.29. The van der Waals surface area contributed by atoms with Crippen molar-refractivity contribution in [3.8, 4) is 0 Å². The zero-order valence-corrected chi connectivity index (χ0v) is 20.2. The predicted octanol–water partition coefficient (Wildman–Crippen LogP) is 8.75. The van der Waals surface area contributed by atoms with Crippen LogP contribution in [0.3, 0.4) is 0 Å². The molecule has 1 atom stereocenters. The Morgan fingerprint density at radius 1 is 0.686 bits per heavy atom. The average molecular weight is 457 g/mol. The maximum Gasteiger partial charge on any atom is 0.0709 e. The number of allylic oxidation sites excluding steroid dienone is 8. The van der Waals surface area contributed by atoms with Gasteiger partial charge in [0.2, 0.25) is 0 Å². The van der Waals surface area contributed by atoms with Gasteiger partial charge in [-0.1, -0.05) is 97.1 Å². The van der Waals surface area contributed by atoms with E-state index in [0.29, 0.717) is 0 Å². The number of para-hydroxylation sites is 3. The van der Waals surface area contributed by atoms with Crippen molar-refractivity contribution in [1.29, 1.82) is 0 Å².